The van der Waals surface area contributed by atoms with Crippen LogP contribution in [0.2, 0.25) is 0 Å². The molecule has 8 nitrogen and oxygen atoms in total. The smallest absolute Gasteiger partial charge is 0.262 e. The van der Waals surface area contributed by atoms with Crippen LogP contribution in [0.25, 0.3) is 0 Å². The van der Waals surface area contributed by atoms with Gasteiger partial charge in [-0.25, -0.2) is 4.39 Å². The summed E-state index contributed by atoms with van der Waals surface area (Å²) in [5.41, 5.74) is 1.13. The average molecular weight is 443 g/mol. The summed E-state index contributed by atoms with van der Waals surface area (Å²) < 4.78 is 23.3. The molecule has 9 heteroatoms. The summed E-state index contributed by atoms with van der Waals surface area (Å²) >= 11 is 0. The highest BCUT2D eigenvalue weighted by atomic mass is 19.1. The predicted octanol–water partition coefficient (Wildman–Crippen LogP) is 2.35. The van der Waals surface area contributed by atoms with Crippen molar-refractivity contribution in [3.63, 3.8) is 0 Å². The lowest BCUT2D eigenvalue weighted by Crippen LogP contribution is -2.33. The third-order valence-corrected chi connectivity index (χ3v) is 4.97. The van der Waals surface area contributed by atoms with Crippen LogP contribution in [0.1, 0.15) is 12.8 Å². The molecule has 170 valence electrons. The number of benzene rings is 2. The molecule has 3 amide bonds. The van der Waals surface area contributed by atoms with Crippen LogP contribution in [0.5, 0.6) is 5.75 Å². The number of halogens is 1. The standard InChI is InChI=1S/C23H26FN3O5/c1-31-12-2-11-25-23(30)16-13-22(29)27(14-16)19-7-9-20(10-8-19)32-15-21(28)26-18-5-3-17(24)4-6-18/h3-10,16H,2,11-15H2,1H3,(H,25,30)(H,26,28)/t16-/m1/s1. The van der Waals surface area contributed by atoms with E-state index in [4.69, 9.17) is 9.47 Å². The zero-order chi connectivity index (χ0) is 22.9. The van der Waals surface area contributed by atoms with Crippen LogP contribution in [0.3, 0.4) is 0 Å². The fourth-order valence-corrected chi connectivity index (χ4v) is 3.31. The minimum atomic E-state index is -0.392. The van der Waals surface area contributed by atoms with E-state index in [1.54, 1.807) is 36.3 Å². The summed E-state index contributed by atoms with van der Waals surface area (Å²) in [7, 11) is 1.61. The largest absolute Gasteiger partial charge is 0.484 e. The van der Waals surface area contributed by atoms with Crippen molar-refractivity contribution < 1.29 is 28.2 Å². The molecule has 32 heavy (non-hydrogen) atoms. The zero-order valence-corrected chi connectivity index (χ0v) is 17.8. The maximum Gasteiger partial charge on any atom is 0.262 e. The Kier molecular flexibility index (Phi) is 8.15. The number of ether oxygens (including phenoxy) is 2. The zero-order valence-electron chi connectivity index (χ0n) is 17.8. The predicted molar refractivity (Wildman–Crippen MR) is 117 cm³/mol. The lowest BCUT2D eigenvalue weighted by molar-refractivity contribution is -0.126. The molecule has 1 fully saturated rings. The molecule has 3 rings (SSSR count). The van der Waals surface area contributed by atoms with Gasteiger partial charge in [-0.2, -0.15) is 0 Å². The first-order valence-corrected chi connectivity index (χ1v) is 10.3. The van der Waals surface area contributed by atoms with Crippen molar-refractivity contribution in [3.8, 4) is 5.75 Å². The van der Waals surface area contributed by atoms with Gasteiger partial charge in [0.05, 0.1) is 5.92 Å². The molecule has 0 unspecified atom stereocenters. The van der Waals surface area contributed by atoms with Gasteiger partial charge in [-0.05, 0) is 55.0 Å². The van der Waals surface area contributed by atoms with E-state index in [1.807, 2.05) is 0 Å². The number of rotatable bonds is 10. The van der Waals surface area contributed by atoms with E-state index in [0.717, 1.165) is 6.42 Å². The van der Waals surface area contributed by atoms with E-state index in [9.17, 15) is 18.8 Å². The SMILES string of the molecule is COCCCNC(=O)[C@@H]1CC(=O)N(c2ccc(OCC(=O)Nc3ccc(F)cc3)cc2)C1. The number of nitrogens with one attached hydrogen (secondary N) is 2. The molecule has 0 aromatic heterocycles. The van der Waals surface area contributed by atoms with Gasteiger partial charge in [0.25, 0.3) is 5.91 Å². The Morgan fingerprint density at radius 1 is 1.12 bits per heavy atom. The van der Waals surface area contributed by atoms with Crippen molar-refractivity contribution in [1.29, 1.82) is 0 Å². The third-order valence-electron chi connectivity index (χ3n) is 4.97. The van der Waals surface area contributed by atoms with Crippen molar-refractivity contribution in [1.82, 2.24) is 5.32 Å². The van der Waals surface area contributed by atoms with Crippen molar-refractivity contribution in [3.05, 3.63) is 54.3 Å². The van der Waals surface area contributed by atoms with E-state index < -0.39 is 5.92 Å². The summed E-state index contributed by atoms with van der Waals surface area (Å²) in [5, 5.41) is 5.44. The van der Waals surface area contributed by atoms with Gasteiger partial charge in [-0.1, -0.05) is 0 Å². The molecular formula is C23H26FN3O5. The van der Waals surface area contributed by atoms with Crippen LogP contribution in [-0.2, 0) is 19.1 Å². The Bertz CT molecular complexity index is 934. The van der Waals surface area contributed by atoms with Crippen molar-refractivity contribution in [2.75, 3.05) is 43.6 Å². The monoisotopic (exact) mass is 443 g/mol. The topological polar surface area (TPSA) is 97.0 Å². The van der Waals surface area contributed by atoms with Gasteiger partial charge in [0.2, 0.25) is 11.8 Å². The minimum Gasteiger partial charge on any atom is -0.484 e. The van der Waals surface area contributed by atoms with Gasteiger partial charge in [0.1, 0.15) is 11.6 Å². The lowest BCUT2D eigenvalue weighted by Gasteiger charge is -2.17. The first kappa shape index (κ1) is 23.2. The molecular weight excluding hydrogens is 417 g/mol. The second-order valence-electron chi connectivity index (χ2n) is 7.38. The number of hydrogen-bond acceptors (Lipinski definition) is 5. The van der Waals surface area contributed by atoms with Crippen LogP contribution in [0.15, 0.2) is 48.5 Å². The van der Waals surface area contributed by atoms with Crippen LogP contribution in [-0.4, -0.2) is 51.1 Å². The molecule has 0 bridgehead atoms. The number of anilines is 2. The van der Waals surface area contributed by atoms with Gasteiger partial charge in [-0.3, -0.25) is 14.4 Å². The molecule has 1 atom stereocenters. The van der Waals surface area contributed by atoms with Crippen LogP contribution < -0.4 is 20.3 Å². The van der Waals surface area contributed by atoms with Crippen LogP contribution >= 0.6 is 0 Å². The number of hydrogen-bond donors (Lipinski definition) is 2. The van der Waals surface area contributed by atoms with E-state index >= 15 is 0 Å². The number of nitrogens with zero attached hydrogens (tertiary/aromatic N) is 1. The first-order chi connectivity index (χ1) is 15.5. The summed E-state index contributed by atoms with van der Waals surface area (Å²) in [5.74, 6) is -0.948. The maximum absolute atomic E-state index is 12.9. The fraction of sp³-hybridized carbons (Fsp3) is 0.348. The van der Waals surface area contributed by atoms with Gasteiger partial charge >= 0.3 is 0 Å². The Morgan fingerprint density at radius 3 is 2.53 bits per heavy atom. The second kappa shape index (κ2) is 11.2. The highest BCUT2D eigenvalue weighted by Gasteiger charge is 2.34. The molecule has 1 aliphatic rings. The molecule has 1 aliphatic heterocycles. The highest BCUT2D eigenvalue weighted by molar-refractivity contribution is 6.00. The molecule has 0 radical (unpaired) electrons. The molecule has 2 aromatic rings. The van der Waals surface area contributed by atoms with Gasteiger partial charge in [0.15, 0.2) is 6.61 Å². The molecule has 1 heterocycles. The Balaban J connectivity index is 1.47. The van der Waals surface area contributed by atoms with E-state index in [0.29, 0.717) is 36.8 Å². The van der Waals surface area contributed by atoms with Gasteiger partial charge in [0, 0.05) is 44.6 Å². The number of carbonyl (C=O) groups excluding carboxylic acids is 3. The summed E-state index contributed by atoms with van der Waals surface area (Å²) in [6, 6.07) is 12.2. The maximum atomic E-state index is 12.9. The quantitative estimate of drug-likeness (QED) is 0.550. The normalized spacial score (nSPS) is 15.5. The fourth-order valence-electron chi connectivity index (χ4n) is 3.31. The number of carbonyl (C=O) groups is 3. The molecule has 0 aliphatic carbocycles. The van der Waals surface area contributed by atoms with Crippen molar-refractivity contribution >= 4 is 29.1 Å². The Labute approximate surface area is 185 Å². The van der Waals surface area contributed by atoms with Crippen molar-refractivity contribution in [2.24, 2.45) is 5.92 Å². The first-order valence-electron chi connectivity index (χ1n) is 10.3. The Morgan fingerprint density at radius 2 is 1.84 bits per heavy atom. The summed E-state index contributed by atoms with van der Waals surface area (Å²) in [6.07, 6.45) is 0.883. The summed E-state index contributed by atoms with van der Waals surface area (Å²) in [4.78, 5) is 38.2. The number of methoxy groups -OCH3 is 1. The van der Waals surface area contributed by atoms with Crippen molar-refractivity contribution in [2.45, 2.75) is 12.8 Å². The van der Waals surface area contributed by atoms with Crippen LogP contribution in [0.4, 0.5) is 15.8 Å². The minimum absolute atomic E-state index is 0.116. The molecule has 2 aromatic carbocycles. The lowest BCUT2D eigenvalue weighted by atomic mass is 10.1. The van der Waals surface area contributed by atoms with Crippen LogP contribution in [0, 0.1) is 11.7 Å². The molecule has 2 N–H and O–H groups in total. The van der Waals surface area contributed by atoms with Gasteiger partial charge < -0.3 is 25.0 Å². The average Bonchev–Trinajstić information content (AvgIpc) is 3.19. The Hall–Kier alpha value is -3.46. The molecule has 0 spiro atoms. The second-order valence-corrected chi connectivity index (χ2v) is 7.38. The van der Waals surface area contributed by atoms with E-state index in [2.05, 4.69) is 10.6 Å². The highest BCUT2D eigenvalue weighted by Crippen LogP contribution is 2.27. The summed E-state index contributed by atoms with van der Waals surface area (Å²) in [6.45, 7) is 1.18. The third kappa shape index (κ3) is 6.52. The van der Waals surface area contributed by atoms with Gasteiger partial charge in [-0.15, -0.1) is 0 Å². The van der Waals surface area contributed by atoms with E-state index in [-0.39, 0.29) is 36.6 Å². The molecule has 1 saturated heterocycles. The van der Waals surface area contributed by atoms with E-state index in [1.165, 1.54) is 24.3 Å². The number of amides is 3. The molecule has 0 saturated carbocycles.